The number of nitrogens with zero attached hydrogens (tertiary/aromatic N) is 1. The van der Waals surface area contributed by atoms with Gasteiger partial charge in [0.25, 0.3) is 11.6 Å². The van der Waals surface area contributed by atoms with Gasteiger partial charge < -0.3 is 15.8 Å². The molecule has 0 aliphatic rings. The monoisotopic (exact) mass is 301 g/mol. The predicted octanol–water partition coefficient (Wildman–Crippen LogP) is 1.99. The van der Waals surface area contributed by atoms with Crippen LogP contribution in [0.3, 0.4) is 0 Å². The Kier molecular flexibility index (Phi) is 4.92. The summed E-state index contributed by atoms with van der Waals surface area (Å²) in [6, 6.07) is 12.5. The first-order chi connectivity index (χ1) is 10.6. The maximum absolute atomic E-state index is 11.9. The number of ether oxygens (including phenoxy) is 1. The minimum atomic E-state index is -0.541. The number of non-ortho nitro benzene ring substituents is 1. The molecule has 0 unspecified atom stereocenters. The molecule has 0 atom stereocenters. The third-order valence-electron chi connectivity index (χ3n) is 2.86. The van der Waals surface area contributed by atoms with Crippen molar-refractivity contribution in [3.8, 4) is 5.75 Å². The number of nitrogens with one attached hydrogen (secondary N) is 1. The molecular weight excluding hydrogens is 286 g/mol. The highest BCUT2D eigenvalue weighted by molar-refractivity contribution is 5.94. The number of rotatable bonds is 6. The second-order valence-corrected chi connectivity index (χ2v) is 4.48. The lowest BCUT2D eigenvalue weighted by Gasteiger charge is -2.08. The Morgan fingerprint density at radius 2 is 1.95 bits per heavy atom. The van der Waals surface area contributed by atoms with Crippen LogP contribution >= 0.6 is 0 Å². The lowest BCUT2D eigenvalue weighted by atomic mass is 10.2. The van der Waals surface area contributed by atoms with E-state index in [0.717, 1.165) is 0 Å². The van der Waals surface area contributed by atoms with E-state index >= 15 is 0 Å². The molecule has 22 heavy (non-hydrogen) atoms. The first kappa shape index (κ1) is 15.3. The fourth-order valence-electron chi connectivity index (χ4n) is 1.76. The van der Waals surface area contributed by atoms with Gasteiger partial charge in [0.05, 0.1) is 11.5 Å². The van der Waals surface area contributed by atoms with E-state index in [1.165, 1.54) is 24.3 Å². The lowest BCUT2D eigenvalue weighted by Crippen LogP contribution is -2.28. The van der Waals surface area contributed by atoms with E-state index in [2.05, 4.69) is 5.32 Å². The van der Waals surface area contributed by atoms with Crippen LogP contribution in [0.5, 0.6) is 5.75 Å². The van der Waals surface area contributed by atoms with Gasteiger partial charge >= 0.3 is 0 Å². The van der Waals surface area contributed by atoms with Crippen molar-refractivity contribution in [2.75, 3.05) is 18.9 Å². The normalized spacial score (nSPS) is 10.0. The van der Waals surface area contributed by atoms with Gasteiger partial charge in [0.2, 0.25) is 0 Å². The highest BCUT2D eigenvalue weighted by Crippen LogP contribution is 2.13. The SMILES string of the molecule is Nc1ccc(OCCNC(=O)c2cccc([N+](=O)[O-])c2)cc1. The van der Waals surface area contributed by atoms with Gasteiger partial charge in [-0.1, -0.05) is 6.07 Å². The average molecular weight is 301 g/mol. The van der Waals surface area contributed by atoms with E-state index in [9.17, 15) is 14.9 Å². The molecule has 0 spiro atoms. The molecule has 0 aromatic heterocycles. The van der Waals surface area contributed by atoms with E-state index < -0.39 is 4.92 Å². The Labute approximate surface area is 126 Å². The molecule has 2 aromatic rings. The smallest absolute Gasteiger partial charge is 0.270 e. The van der Waals surface area contributed by atoms with Gasteiger partial charge in [-0.3, -0.25) is 14.9 Å². The van der Waals surface area contributed by atoms with Crippen molar-refractivity contribution >= 4 is 17.3 Å². The second-order valence-electron chi connectivity index (χ2n) is 4.48. The van der Waals surface area contributed by atoms with Crippen molar-refractivity contribution in [3.63, 3.8) is 0 Å². The summed E-state index contributed by atoms with van der Waals surface area (Å²) in [5.74, 6) is 0.267. The summed E-state index contributed by atoms with van der Waals surface area (Å²) < 4.78 is 5.43. The Morgan fingerprint density at radius 1 is 1.23 bits per heavy atom. The molecule has 114 valence electrons. The van der Waals surface area contributed by atoms with Crippen LogP contribution in [0.2, 0.25) is 0 Å². The Hall–Kier alpha value is -3.09. The Bertz CT molecular complexity index is 671. The highest BCUT2D eigenvalue weighted by atomic mass is 16.6. The molecule has 7 nitrogen and oxygen atoms in total. The summed E-state index contributed by atoms with van der Waals surface area (Å²) in [4.78, 5) is 22.0. The predicted molar refractivity (Wildman–Crippen MR) is 81.8 cm³/mol. The molecule has 0 aliphatic heterocycles. The maximum atomic E-state index is 11.9. The van der Waals surface area contributed by atoms with E-state index in [-0.39, 0.29) is 30.3 Å². The number of carbonyl (C=O) groups excluding carboxylic acids is 1. The molecular formula is C15H15N3O4. The van der Waals surface area contributed by atoms with E-state index in [1.807, 2.05) is 0 Å². The zero-order chi connectivity index (χ0) is 15.9. The zero-order valence-corrected chi connectivity index (χ0v) is 11.7. The topological polar surface area (TPSA) is 107 Å². The van der Waals surface area contributed by atoms with Gasteiger partial charge in [-0.15, -0.1) is 0 Å². The lowest BCUT2D eigenvalue weighted by molar-refractivity contribution is -0.384. The number of nitrogens with two attached hydrogens (primary N) is 1. The van der Waals surface area contributed by atoms with Crippen molar-refractivity contribution in [3.05, 3.63) is 64.2 Å². The van der Waals surface area contributed by atoms with Crippen molar-refractivity contribution < 1.29 is 14.5 Å². The first-order valence-electron chi connectivity index (χ1n) is 6.57. The van der Waals surface area contributed by atoms with Crippen LogP contribution in [0.15, 0.2) is 48.5 Å². The Balaban J connectivity index is 1.81. The number of nitro benzene ring substituents is 1. The number of hydrogen-bond donors (Lipinski definition) is 2. The molecule has 2 aromatic carbocycles. The Morgan fingerprint density at radius 3 is 2.64 bits per heavy atom. The summed E-state index contributed by atoms with van der Waals surface area (Å²) >= 11 is 0. The molecule has 0 saturated carbocycles. The van der Waals surface area contributed by atoms with Gasteiger partial charge in [-0.2, -0.15) is 0 Å². The van der Waals surface area contributed by atoms with Gasteiger partial charge in [-0.25, -0.2) is 0 Å². The number of hydrogen-bond acceptors (Lipinski definition) is 5. The van der Waals surface area contributed by atoms with Gasteiger partial charge in [0.1, 0.15) is 12.4 Å². The fraction of sp³-hybridized carbons (Fsp3) is 0.133. The molecule has 7 heteroatoms. The van der Waals surface area contributed by atoms with Crippen LogP contribution in [0.25, 0.3) is 0 Å². The van der Waals surface area contributed by atoms with Crippen molar-refractivity contribution in [1.29, 1.82) is 0 Å². The number of nitro groups is 1. The molecule has 2 rings (SSSR count). The molecule has 0 aliphatic carbocycles. The standard InChI is InChI=1S/C15H15N3O4/c16-12-4-6-14(7-5-12)22-9-8-17-15(19)11-2-1-3-13(10-11)18(20)21/h1-7,10H,8-9,16H2,(H,17,19). The van der Waals surface area contributed by atoms with Crippen LogP contribution in [0.4, 0.5) is 11.4 Å². The van der Waals surface area contributed by atoms with E-state index in [0.29, 0.717) is 11.4 Å². The largest absolute Gasteiger partial charge is 0.492 e. The number of anilines is 1. The third kappa shape index (κ3) is 4.20. The van der Waals surface area contributed by atoms with Crippen molar-refractivity contribution in [2.24, 2.45) is 0 Å². The molecule has 0 bridgehead atoms. The number of carbonyl (C=O) groups is 1. The molecule has 3 N–H and O–H groups in total. The molecule has 0 saturated heterocycles. The zero-order valence-electron chi connectivity index (χ0n) is 11.7. The van der Waals surface area contributed by atoms with Crippen LogP contribution < -0.4 is 15.8 Å². The summed E-state index contributed by atoms with van der Waals surface area (Å²) in [6.45, 7) is 0.566. The number of amides is 1. The summed E-state index contributed by atoms with van der Waals surface area (Å²) in [5.41, 5.74) is 6.32. The fourth-order valence-corrected chi connectivity index (χ4v) is 1.76. The number of benzene rings is 2. The third-order valence-corrected chi connectivity index (χ3v) is 2.86. The summed E-state index contributed by atoms with van der Waals surface area (Å²) in [6.07, 6.45) is 0. The van der Waals surface area contributed by atoms with Gasteiger partial charge in [0.15, 0.2) is 0 Å². The second kappa shape index (κ2) is 7.07. The van der Waals surface area contributed by atoms with Crippen LogP contribution in [-0.4, -0.2) is 24.0 Å². The highest BCUT2D eigenvalue weighted by Gasteiger charge is 2.10. The van der Waals surface area contributed by atoms with Crippen molar-refractivity contribution in [1.82, 2.24) is 5.32 Å². The van der Waals surface area contributed by atoms with Crippen LogP contribution in [-0.2, 0) is 0 Å². The molecule has 0 heterocycles. The van der Waals surface area contributed by atoms with Crippen molar-refractivity contribution in [2.45, 2.75) is 0 Å². The quantitative estimate of drug-likeness (QED) is 0.367. The number of nitrogen functional groups attached to an aromatic ring is 1. The summed E-state index contributed by atoms with van der Waals surface area (Å²) in [7, 11) is 0. The van der Waals surface area contributed by atoms with Gasteiger partial charge in [0, 0.05) is 23.4 Å². The minimum absolute atomic E-state index is 0.120. The first-order valence-corrected chi connectivity index (χ1v) is 6.57. The van der Waals surface area contributed by atoms with Gasteiger partial charge in [-0.05, 0) is 30.3 Å². The van der Waals surface area contributed by atoms with Crippen LogP contribution in [0.1, 0.15) is 10.4 Å². The maximum Gasteiger partial charge on any atom is 0.270 e. The molecule has 0 radical (unpaired) electrons. The molecule has 1 amide bonds. The van der Waals surface area contributed by atoms with E-state index in [4.69, 9.17) is 10.5 Å². The average Bonchev–Trinajstić information content (AvgIpc) is 2.53. The minimum Gasteiger partial charge on any atom is -0.492 e. The van der Waals surface area contributed by atoms with E-state index in [1.54, 1.807) is 24.3 Å². The summed E-state index contributed by atoms with van der Waals surface area (Å²) in [5, 5.41) is 13.3. The molecule has 0 fully saturated rings. The van der Waals surface area contributed by atoms with Crippen LogP contribution in [0, 0.1) is 10.1 Å².